The molecule has 1 amide bonds. The summed E-state index contributed by atoms with van der Waals surface area (Å²) in [6.07, 6.45) is -2.82. The molecule has 0 aliphatic heterocycles. The third kappa shape index (κ3) is 5.15. The summed E-state index contributed by atoms with van der Waals surface area (Å²) in [4.78, 5) is 20.9. The lowest BCUT2D eigenvalue weighted by Crippen LogP contribution is -2.40. The maximum atomic E-state index is 12.6. The number of hydrogen-bond donors (Lipinski definition) is 0. The molecule has 0 saturated carbocycles. The van der Waals surface area contributed by atoms with Gasteiger partial charge in [-0.1, -0.05) is 32.4 Å². The molecule has 4 nitrogen and oxygen atoms in total. The molecule has 0 fully saturated rings. The first-order chi connectivity index (χ1) is 9.65. The molecule has 0 aliphatic rings. The van der Waals surface area contributed by atoms with E-state index in [1.165, 1.54) is 6.20 Å². The van der Waals surface area contributed by atoms with Crippen LogP contribution in [-0.4, -0.2) is 40.0 Å². The second-order valence-corrected chi connectivity index (χ2v) is 5.33. The minimum Gasteiger partial charge on any atom is -0.328 e. The minimum atomic E-state index is -4.47. The fourth-order valence-electron chi connectivity index (χ4n) is 1.70. The van der Waals surface area contributed by atoms with E-state index in [2.05, 4.69) is 9.97 Å². The standard InChI is InChI=1S/C13H17ClF3N3O/c1-4-5-20(7-13(15,16)17)12(21)10-9(14)6-18-11(19-10)8(2)3/h6,8H,4-5,7H2,1-3H3. The molecule has 1 rings (SSSR count). The Kier molecular flexibility index (Phi) is 5.95. The van der Waals surface area contributed by atoms with Crippen LogP contribution in [0.3, 0.4) is 0 Å². The number of halogens is 4. The van der Waals surface area contributed by atoms with E-state index in [0.717, 1.165) is 0 Å². The molecular formula is C13H17ClF3N3O. The molecule has 0 saturated heterocycles. The van der Waals surface area contributed by atoms with Crippen LogP contribution in [0.1, 0.15) is 49.4 Å². The molecule has 118 valence electrons. The Balaban J connectivity index is 3.11. The Labute approximate surface area is 126 Å². The lowest BCUT2D eigenvalue weighted by atomic mass is 10.2. The SMILES string of the molecule is CCCN(CC(F)(F)F)C(=O)c1nc(C(C)C)ncc1Cl. The zero-order valence-corrected chi connectivity index (χ0v) is 12.8. The number of nitrogens with zero attached hydrogens (tertiary/aromatic N) is 3. The quantitative estimate of drug-likeness (QED) is 0.830. The van der Waals surface area contributed by atoms with Crippen molar-refractivity contribution in [2.75, 3.05) is 13.1 Å². The summed E-state index contributed by atoms with van der Waals surface area (Å²) in [6, 6.07) is 0. The summed E-state index contributed by atoms with van der Waals surface area (Å²) in [7, 11) is 0. The van der Waals surface area contributed by atoms with Gasteiger partial charge in [0.1, 0.15) is 12.4 Å². The molecule has 8 heteroatoms. The van der Waals surface area contributed by atoms with Crippen molar-refractivity contribution in [3.05, 3.63) is 22.7 Å². The van der Waals surface area contributed by atoms with Crippen molar-refractivity contribution in [1.29, 1.82) is 0 Å². The average Bonchev–Trinajstić information content (AvgIpc) is 2.36. The van der Waals surface area contributed by atoms with Gasteiger partial charge in [0.15, 0.2) is 5.69 Å². The number of amides is 1. The molecular weight excluding hydrogens is 307 g/mol. The minimum absolute atomic E-state index is 0.0182. The van der Waals surface area contributed by atoms with E-state index >= 15 is 0 Å². The average molecular weight is 324 g/mol. The monoisotopic (exact) mass is 323 g/mol. The van der Waals surface area contributed by atoms with Crippen molar-refractivity contribution in [2.24, 2.45) is 0 Å². The summed E-state index contributed by atoms with van der Waals surface area (Å²) >= 11 is 5.86. The van der Waals surface area contributed by atoms with Gasteiger partial charge in [-0.3, -0.25) is 4.79 Å². The van der Waals surface area contributed by atoms with Gasteiger partial charge in [-0.25, -0.2) is 9.97 Å². The van der Waals surface area contributed by atoms with Crippen LogP contribution in [-0.2, 0) is 0 Å². The van der Waals surface area contributed by atoms with Crippen molar-refractivity contribution in [1.82, 2.24) is 14.9 Å². The van der Waals surface area contributed by atoms with Gasteiger partial charge in [0.05, 0.1) is 11.2 Å². The smallest absolute Gasteiger partial charge is 0.328 e. The number of alkyl halides is 3. The molecule has 0 N–H and O–H groups in total. The fraction of sp³-hybridized carbons (Fsp3) is 0.615. The van der Waals surface area contributed by atoms with E-state index in [1.807, 2.05) is 13.8 Å². The largest absolute Gasteiger partial charge is 0.406 e. The van der Waals surface area contributed by atoms with E-state index in [1.54, 1.807) is 6.92 Å². The third-order valence-corrected chi connectivity index (χ3v) is 2.91. The molecule has 0 bridgehead atoms. The highest BCUT2D eigenvalue weighted by Gasteiger charge is 2.34. The second-order valence-electron chi connectivity index (χ2n) is 4.92. The number of aromatic nitrogens is 2. The molecule has 1 aromatic heterocycles. The number of hydrogen-bond acceptors (Lipinski definition) is 3. The molecule has 0 unspecified atom stereocenters. The van der Waals surface area contributed by atoms with Crippen molar-refractivity contribution in [3.63, 3.8) is 0 Å². The summed E-state index contributed by atoms with van der Waals surface area (Å²) < 4.78 is 37.7. The Bertz CT molecular complexity index is 506. The zero-order chi connectivity index (χ0) is 16.2. The third-order valence-electron chi connectivity index (χ3n) is 2.63. The van der Waals surface area contributed by atoms with Gasteiger partial charge < -0.3 is 4.90 Å². The first kappa shape index (κ1) is 17.7. The van der Waals surface area contributed by atoms with Gasteiger partial charge in [0, 0.05) is 12.5 Å². The molecule has 1 aromatic rings. The van der Waals surface area contributed by atoms with Gasteiger partial charge in [0.25, 0.3) is 5.91 Å². The molecule has 0 spiro atoms. The van der Waals surface area contributed by atoms with Crippen molar-refractivity contribution < 1.29 is 18.0 Å². The summed E-state index contributed by atoms with van der Waals surface area (Å²) in [6.45, 7) is 3.98. The lowest BCUT2D eigenvalue weighted by molar-refractivity contribution is -0.140. The topological polar surface area (TPSA) is 46.1 Å². The lowest BCUT2D eigenvalue weighted by Gasteiger charge is -2.23. The van der Waals surface area contributed by atoms with Crippen molar-refractivity contribution in [2.45, 2.75) is 39.3 Å². The first-order valence-electron chi connectivity index (χ1n) is 6.54. The van der Waals surface area contributed by atoms with Crippen LogP contribution in [0.2, 0.25) is 5.02 Å². The number of carbonyl (C=O) groups is 1. The molecule has 0 aromatic carbocycles. The summed E-state index contributed by atoms with van der Waals surface area (Å²) in [5, 5.41) is -0.0484. The molecule has 1 heterocycles. The normalized spacial score (nSPS) is 11.8. The number of carbonyl (C=O) groups excluding carboxylic acids is 1. The van der Waals surface area contributed by atoms with Crippen LogP contribution < -0.4 is 0 Å². The van der Waals surface area contributed by atoms with Crippen molar-refractivity contribution >= 4 is 17.5 Å². The Morgan fingerprint density at radius 1 is 1.43 bits per heavy atom. The highest BCUT2D eigenvalue weighted by molar-refractivity contribution is 6.33. The van der Waals surface area contributed by atoms with Crippen molar-refractivity contribution in [3.8, 4) is 0 Å². The van der Waals surface area contributed by atoms with Crippen LogP contribution in [0.15, 0.2) is 6.20 Å². The van der Waals surface area contributed by atoms with Crippen LogP contribution in [0.25, 0.3) is 0 Å². The highest BCUT2D eigenvalue weighted by Crippen LogP contribution is 2.21. The maximum Gasteiger partial charge on any atom is 0.406 e. The molecule has 0 radical (unpaired) electrons. The van der Waals surface area contributed by atoms with Crippen LogP contribution in [0.5, 0.6) is 0 Å². The molecule has 0 atom stereocenters. The fourth-order valence-corrected chi connectivity index (χ4v) is 1.87. The van der Waals surface area contributed by atoms with E-state index in [9.17, 15) is 18.0 Å². The maximum absolute atomic E-state index is 12.6. The van der Waals surface area contributed by atoms with Crippen LogP contribution in [0.4, 0.5) is 13.2 Å². The molecule has 0 aliphatic carbocycles. The van der Waals surface area contributed by atoms with Gasteiger partial charge in [-0.15, -0.1) is 0 Å². The van der Waals surface area contributed by atoms with E-state index in [0.29, 0.717) is 17.1 Å². The summed E-state index contributed by atoms with van der Waals surface area (Å²) in [5.41, 5.74) is -0.187. The zero-order valence-electron chi connectivity index (χ0n) is 12.0. The van der Waals surface area contributed by atoms with E-state index in [4.69, 9.17) is 11.6 Å². The van der Waals surface area contributed by atoms with Gasteiger partial charge >= 0.3 is 6.18 Å². The second kappa shape index (κ2) is 7.06. The Hall–Kier alpha value is -1.37. The van der Waals surface area contributed by atoms with E-state index < -0.39 is 18.6 Å². The molecule has 21 heavy (non-hydrogen) atoms. The Morgan fingerprint density at radius 3 is 2.52 bits per heavy atom. The summed E-state index contributed by atoms with van der Waals surface area (Å²) in [5.74, 6) is -0.522. The van der Waals surface area contributed by atoms with Gasteiger partial charge in [-0.2, -0.15) is 13.2 Å². The highest BCUT2D eigenvalue weighted by atomic mass is 35.5. The van der Waals surface area contributed by atoms with Gasteiger partial charge in [-0.05, 0) is 6.42 Å². The van der Waals surface area contributed by atoms with Crippen LogP contribution in [0, 0.1) is 0 Å². The Morgan fingerprint density at radius 2 is 2.05 bits per heavy atom. The predicted molar refractivity (Wildman–Crippen MR) is 73.4 cm³/mol. The van der Waals surface area contributed by atoms with Crippen LogP contribution >= 0.6 is 11.6 Å². The first-order valence-corrected chi connectivity index (χ1v) is 6.92. The van der Waals surface area contributed by atoms with E-state index in [-0.39, 0.29) is 23.2 Å². The number of rotatable bonds is 5. The van der Waals surface area contributed by atoms with Gasteiger partial charge in [0.2, 0.25) is 0 Å². The predicted octanol–water partition coefficient (Wildman–Crippen LogP) is 3.67.